The Hall–Kier alpha value is -3.24. The highest BCUT2D eigenvalue weighted by molar-refractivity contribution is 8.26. The van der Waals surface area contributed by atoms with Crippen LogP contribution >= 0.6 is 24.0 Å². The van der Waals surface area contributed by atoms with E-state index in [1.165, 1.54) is 28.3 Å². The number of unbranched alkanes of at least 4 members (excludes halogenated alkanes) is 1. The van der Waals surface area contributed by atoms with Crippen molar-refractivity contribution in [2.24, 2.45) is 0 Å². The molecule has 0 saturated carbocycles. The zero-order chi connectivity index (χ0) is 25.2. The quantitative estimate of drug-likeness (QED) is 0.355. The van der Waals surface area contributed by atoms with E-state index in [-0.39, 0.29) is 17.3 Å². The number of hydrogen-bond acceptors (Lipinski definition) is 7. The van der Waals surface area contributed by atoms with Crippen LogP contribution in [0.15, 0.2) is 58.4 Å². The number of hydrogen-bond donors (Lipinski definition) is 0. The van der Waals surface area contributed by atoms with Gasteiger partial charge >= 0.3 is 0 Å². The molecule has 36 heavy (non-hydrogen) atoms. The number of amides is 1. The number of nitrogens with zero attached hydrogens (tertiary/aromatic N) is 5. The smallest absolute Gasteiger partial charge is 0.267 e. The maximum atomic E-state index is 13.6. The molecule has 2 fully saturated rings. The molecule has 0 bridgehead atoms. The molecular formula is C26H26FN5O2S2. The maximum absolute atomic E-state index is 13.6. The molecule has 0 atom stereocenters. The summed E-state index contributed by atoms with van der Waals surface area (Å²) in [6.07, 6.45) is 5.16. The van der Waals surface area contributed by atoms with Crippen LogP contribution in [0.5, 0.6) is 0 Å². The summed E-state index contributed by atoms with van der Waals surface area (Å²) >= 11 is 6.68. The topological polar surface area (TPSA) is 61.2 Å². The molecule has 2 saturated heterocycles. The fraction of sp³-hybridized carbons (Fsp3) is 0.308. The molecule has 4 heterocycles. The minimum Gasteiger partial charge on any atom is -0.368 e. The number of rotatable bonds is 6. The van der Waals surface area contributed by atoms with Gasteiger partial charge in [0.2, 0.25) is 0 Å². The SMILES string of the molecule is CCCCN1C(=O)/C(=C/c2c(N3CCN(c4ccc(F)cc4)CC3)nc3ccccn3c2=O)SC1=S. The average Bonchev–Trinajstić information content (AvgIpc) is 3.16. The van der Waals surface area contributed by atoms with Gasteiger partial charge in [0, 0.05) is 44.6 Å². The Balaban J connectivity index is 1.49. The van der Waals surface area contributed by atoms with Crippen molar-refractivity contribution >= 4 is 57.4 Å². The van der Waals surface area contributed by atoms with Crippen molar-refractivity contribution in [2.45, 2.75) is 19.8 Å². The summed E-state index contributed by atoms with van der Waals surface area (Å²) in [6, 6.07) is 11.9. The van der Waals surface area contributed by atoms with E-state index in [9.17, 15) is 14.0 Å². The molecule has 0 aliphatic carbocycles. The molecule has 186 valence electrons. The van der Waals surface area contributed by atoms with E-state index in [2.05, 4.69) is 16.7 Å². The number of aromatic nitrogens is 2. The van der Waals surface area contributed by atoms with Gasteiger partial charge in [0.05, 0.1) is 10.5 Å². The zero-order valence-electron chi connectivity index (χ0n) is 19.9. The van der Waals surface area contributed by atoms with Crippen LogP contribution in [0.4, 0.5) is 15.9 Å². The third kappa shape index (κ3) is 4.75. The lowest BCUT2D eigenvalue weighted by molar-refractivity contribution is -0.122. The number of thioether (sulfide) groups is 1. The van der Waals surface area contributed by atoms with E-state index in [1.54, 1.807) is 41.4 Å². The second-order valence-corrected chi connectivity index (χ2v) is 10.4. The largest absolute Gasteiger partial charge is 0.368 e. The van der Waals surface area contributed by atoms with Gasteiger partial charge in [0.15, 0.2) is 0 Å². The van der Waals surface area contributed by atoms with E-state index in [0.29, 0.717) is 59.0 Å². The van der Waals surface area contributed by atoms with Crippen molar-refractivity contribution in [1.82, 2.24) is 14.3 Å². The van der Waals surface area contributed by atoms with Crippen LogP contribution in [0.3, 0.4) is 0 Å². The van der Waals surface area contributed by atoms with Gasteiger partial charge in [-0.1, -0.05) is 43.4 Å². The van der Waals surface area contributed by atoms with Crippen LogP contribution in [0.2, 0.25) is 0 Å². The summed E-state index contributed by atoms with van der Waals surface area (Å²) in [7, 11) is 0. The molecule has 1 aromatic carbocycles. The second-order valence-electron chi connectivity index (χ2n) is 8.72. The van der Waals surface area contributed by atoms with Gasteiger partial charge in [0.1, 0.15) is 21.6 Å². The van der Waals surface area contributed by atoms with Crippen molar-refractivity contribution < 1.29 is 9.18 Å². The average molecular weight is 524 g/mol. The highest BCUT2D eigenvalue weighted by Gasteiger charge is 2.32. The Bertz CT molecular complexity index is 1400. The van der Waals surface area contributed by atoms with Crippen molar-refractivity contribution in [3.05, 3.63) is 75.3 Å². The lowest BCUT2D eigenvalue weighted by Crippen LogP contribution is -2.47. The molecule has 0 spiro atoms. The van der Waals surface area contributed by atoms with Crippen LogP contribution in [0.25, 0.3) is 11.7 Å². The van der Waals surface area contributed by atoms with Crippen LogP contribution in [-0.4, -0.2) is 57.2 Å². The molecular weight excluding hydrogens is 497 g/mol. The molecule has 10 heteroatoms. The van der Waals surface area contributed by atoms with Crippen LogP contribution in [-0.2, 0) is 4.79 Å². The highest BCUT2D eigenvalue weighted by Crippen LogP contribution is 2.34. The molecule has 2 aromatic heterocycles. The van der Waals surface area contributed by atoms with Crippen molar-refractivity contribution in [3.8, 4) is 0 Å². The molecule has 0 N–H and O–H groups in total. The molecule has 2 aliphatic heterocycles. The van der Waals surface area contributed by atoms with Gasteiger partial charge in [-0.2, -0.15) is 0 Å². The van der Waals surface area contributed by atoms with Gasteiger partial charge < -0.3 is 9.80 Å². The van der Waals surface area contributed by atoms with E-state index >= 15 is 0 Å². The Morgan fingerprint density at radius 3 is 2.50 bits per heavy atom. The number of pyridine rings is 1. The van der Waals surface area contributed by atoms with E-state index in [0.717, 1.165) is 18.5 Å². The Morgan fingerprint density at radius 1 is 1.06 bits per heavy atom. The molecule has 2 aliphatic rings. The van der Waals surface area contributed by atoms with E-state index < -0.39 is 0 Å². The first kappa shape index (κ1) is 24.5. The fourth-order valence-corrected chi connectivity index (χ4v) is 5.72. The number of halogens is 1. The Morgan fingerprint density at radius 2 is 1.78 bits per heavy atom. The molecule has 0 radical (unpaired) electrons. The lowest BCUT2D eigenvalue weighted by Gasteiger charge is -2.37. The first-order chi connectivity index (χ1) is 17.5. The van der Waals surface area contributed by atoms with Gasteiger partial charge in [-0.3, -0.25) is 18.9 Å². The minimum atomic E-state index is -0.261. The maximum Gasteiger partial charge on any atom is 0.267 e. The van der Waals surface area contributed by atoms with Gasteiger partial charge in [-0.15, -0.1) is 0 Å². The standard InChI is InChI=1S/C26H26FN5O2S2/c1-2-3-11-32-25(34)21(36-26(32)35)17-20-23(28-22-6-4-5-12-31(22)24(20)33)30-15-13-29(14-16-30)19-9-7-18(27)8-10-19/h4-10,12,17H,2-3,11,13-16H2,1H3/b21-17-. The van der Waals surface area contributed by atoms with Crippen molar-refractivity contribution in [1.29, 1.82) is 0 Å². The normalized spacial score (nSPS) is 17.6. The van der Waals surface area contributed by atoms with E-state index in [4.69, 9.17) is 17.2 Å². The zero-order valence-corrected chi connectivity index (χ0v) is 21.5. The minimum absolute atomic E-state index is 0.164. The van der Waals surface area contributed by atoms with Gasteiger partial charge in [-0.25, -0.2) is 9.37 Å². The third-order valence-corrected chi connectivity index (χ3v) is 7.78. The first-order valence-corrected chi connectivity index (χ1v) is 13.2. The summed E-state index contributed by atoms with van der Waals surface area (Å²) in [5, 5.41) is 0. The lowest BCUT2D eigenvalue weighted by atomic mass is 10.2. The summed E-state index contributed by atoms with van der Waals surface area (Å²) in [5.74, 6) is 0.134. The van der Waals surface area contributed by atoms with Gasteiger partial charge in [0.25, 0.3) is 11.5 Å². The van der Waals surface area contributed by atoms with Gasteiger partial charge in [-0.05, 0) is 48.9 Å². The number of carbonyl (C=O) groups excluding carboxylic acids is 1. The summed E-state index contributed by atoms with van der Waals surface area (Å²) < 4.78 is 15.4. The molecule has 1 amide bonds. The first-order valence-electron chi connectivity index (χ1n) is 12.0. The highest BCUT2D eigenvalue weighted by atomic mass is 32.2. The fourth-order valence-electron chi connectivity index (χ4n) is 4.43. The number of thiocarbonyl (C=S) groups is 1. The Kier molecular flexibility index (Phi) is 7.06. The molecule has 0 unspecified atom stereocenters. The summed E-state index contributed by atoms with van der Waals surface area (Å²) in [4.78, 5) is 37.8. The number of benzene rings is 1. The summed E-state index contributed by atoms with van der Waals surface area (Å²) in [6.45, 7) is 5.29. The van der Waals surface area contributed by atoms with Crippen LogP contribution in [0.1, 0.15) is 25.3 Å². The second kappa shape index (κ2) is 10.4. The van der Waals surface area contributed by atoms with E-state index in [1.807, 2.05) is 6.07 Å². The monoisotopic (exact) mass is 523 g/mol. The molecule has 7 nitrogen and oxygen atoms in total. The van der Waals surface area contributed by atoms with Crippen molar-refractivity contribution in [3.63, 3.8) is 0 Å². The number of piperazine rings is 1. The van der Waals surface area contributed by atoms with Crippen LogP contribution in [0, 0.1) is 5.82 Å². The predicted octanol–water partition coefficient (Wildman–Crippen LogP) is 4.16. The number of anilines is 2. The summed E-state index contributed by atoms with van der Waals surface area (Å²) in [5.41, 5.74) is 1.66. The third-order valence-electron chi connectivity index (χ3n) is 6.40. The number of fused-ring (bicyclic) bond motifs is 1. The Labute approximate surface area is 218 Å². The van der Waals surface area contributed by atoms with Crippen LogP contribution < -0.4 is 15.4 Å². The predicted molar refractivity (Wildman–Crippen MR) is 147 cm³/mol. The molecule has 5 rings (SSSR count). The number of carbonyl (C=O) groups is 1. The molecule has 3 aromatic rings. The van der Waals surface area contributed by atoms with Crippen molar-refractivity contribution in [2.75, 3.05) is 42.5 Å².